The van der Waals surface area contributed by atoms with Crippen molar-refractivity contribution >= 4 is 22.7 Å². The standard InChI is InChI=1S/C24H19FN4O2/c25-18-12-16(7-9-22(18)31-14-21(30)15-4-2-1-3-5-15)24-28-19-8-6-17(13-20(19)29-24)23-26-10-11-27-23/h1-9,12-13H,10-11,14H2,(H,26,27)(H,28,29). The monoisotopic (exact) mass is 414 g/mol. The summed E-state index contributed by atoms with van der Waals surface area (Å²) in [6, 6.07) is 19.2. The van der Waals surface area contributed by atoms with E-state index in [2.05, 4.69) is 20.3 Å². The van der Waals surface area contributed by atoms with E-state index in [9.17, 15) is 9.18 Å². The van der Waals surface area contributed by atoms with Crippen LogP contribution in [0.5, 0.6) is 5.75 Å². The van der Waals surface area contributed by atoms with Crippen LogP contribution in [0.25, 0.3) is 22.4 Å². The number of aromatic nitrogens is 2. The van der Waals surface area contributed by atoms with Crippen LogP contribution >= 0.6 is 0 Å². The second-order valence-corrected chi connectivity index (χ2v) is 7.20. The van der Waals surface area contributed by atoms with Crippen LogP contribution in [0, 0.1) is 5.82 Å². The van der Waals surface area contributed by atoms with Gasteiger partial charge in [0, 0.05) is 23.2 Å². The van der Waals surface area contributed by atoms with E-state index in [1.807, 2.05) is 24.3 Å². The SMILES string of the molecule is O=C(COc1ccc(-c2nc3ccc(C4=NCCN4)cc3[nH]2)cc1F)c1ccccc1. The van der Waals surface area contributed by atoms with Crippen LogP contribution in [-0.4, -0.2) is 41.3 Å². The third kappa shape index (κ3) is 3.90. The van der Waals surface area contributed by atoms with E-state index in [1.165, 1.54) is 12.1 Å². The summed E-state index contributed by atoms with van der Waals surface area (Å²) < 4.78 is 20.0. The van der Waals surface area contributed by atoms with E-state index in [0.29, 0.717) is 17.0 Å². The van der Waals surface area contributed by atoms with Gasteiger partial charge in [0.1, 0.15) is 11.7 Å². The molecule has 0 saturated heterocycles. The number of nitrogens with one attached hydrogen (secondary N) is 2. The number of carbonyl (C=O) groups is 1. The fourth-order valence-electron chi connectivity index (χ4n) is 3.50. The maximum atomic E-state index is 14.6. The molecule has 2 N–H and O–H groups in total. The normalized spacial score (nSPS) is 13.1. The topological polar surface area (TPSA) is 79.4 Å². The smallest absolute Gasteiger partial charge is 0.200 e. The van der Waals surface area contributed by atoms with E-state index in [0.717, 1.165) is 35.5 Å². The molecule has 0 aliphatic carbocycles. The van der Waals surface area contributed by atoms with Crippen molar-refractivity contribution < 1.29 is 13.9 Å². The van der Waals surface area contributed by atoms with E-state index >= 15 is 0 Å². The fraction of sp³-hybridized carbons (Fsp3) is 0.125. The number of benzene rings is 3. The number of imidazole rings is 1. The van der Waals surface area contributed by atoms with Gasteiger partial charge in [0.25, 0.3) is 0 Å². The molecule has 31 heavy (non-hydrogen) atoms. The first-order chi connectivity index (χ1) is 15.2. The molecule has 0 amide bonds. The summed E-state index contributed by atoms with van der Waals surface area (Å²) in [5.74, 6) is 0.689. The Morgan fingerprint density at radius 3 is 2.65 bits per heavy atom. The maximum absolute atomic E-state index is 14.6. The van der Waals surface area contributed by atoms with Crippen LogP contribution < -0.4 is 10.1 Å². The molecule has 0 unspecified atom stereocenters. The number of rotatable bonds is 6. The van der Waals surface area contributed by atoms with E-state index < -0.39 is 5.82 Å². The fourth-order valence-corrected chi connectivity index (χ4v) is 3.50. The minimum absolute atomic E-state index is 0.0248. The van der Waals surface area contributed by atoms with Crippen molar-refractivity contribution in [2.45, 2.75) is 0 Å². The van der Waals surface area contributed by atoms with Gasteiger partial charge >= 0.3 is 0 Å². The van der Waals surface area contributed by atoms with Crippen molar-refractivity contribution in [2.24, 2.45) is 4.99 Å². The Labute approximate surface area is 177 Å². The van der Waals surface area contributed by atoms with Gasteiger partial charge in [0.15, 0.2) is 24.0 Å². The van der Waals surface area contributed by atoms with Crippen molar-refractivity contribution in [3.05, 3.63) is 83.7 Å². The zero-order valence-electron chi connectivity index (χ0n) is 16.6. The number of Topliss-reactive ketones (excluding diaryl/α,β-unsaturated/α-hetero) is 1. The Morgan fingerprint density at radius 2 is 1.87 bits per heavy atom. The van der Waals surface area contributed by atoms with Crippen LogP contribution in [0.3, 0.4) is 0 Å². The molecular formula is C24H19FN4O2. The molecule has 3 aromatic carbocycles. The van der Waals surface area contributed by atoms with Gasteiger partial charge in [-0.15, -0.1) is 0 Å². The lowest BCUT2D eigenvalue weighted by Gasteiger charge is -2.07. The average Bonchev–Trinajstić information content (AvgIpc) is 3.48. The molecule has 0 spiro atoms. The Balaban J connectivity index is 1.34. The molecular weight excluding hydrogens is 395 g/mol. The van der Waals surface area contributed by atoms with Crippen LogP contribution in [0.1, 0.15) is 15.9 Å². The number of halogens is 1. The number of H-pyrrole nitrogens is 1. The first kappa shape index (κ1) is 19.0. The minimum Gasteiger partial charge on any atom is -0.482 e. The third-order valence-electron chi connectivity index (χ3n) is 5.09. The van der Waals surface area contributed by atoms with Crippen molar-refractivity contribution in [1.29, 1.82) is 0 Å². The first-order valence-corrected chi connectivity index (χ1v) is 9.97. The number of amidine groups is 1. The summed E-state index contributed by atoms with van der Waals surface area (Å²) in [7, 11) is 0. The molecule has 0 fully saturated rings. The summed E-state index contributed by atoms with van der Waals surface area (Å²) in [5.41, 5.74) is 3.73. The Bertz CT molecular complexity index is 1300. The highest BCUT2D eigenvalue weighted by atomic mass is 19.1. The number of aliphatic imine (C=N–C) groups is 1. The number of hydrogen-bond donors (Lipinski definition) is 2. The van der Waals surface area contributed by atoms with E-state index in [-0.39, 0.29) is 18.1 Å². The van der Waals surface area contributed by atoms with Crippen LogP contribution in [0.2, 0.25) is 0 Å². The van der Waals surface area contributed by atoms with Gasteiger partial charge in [-0.25, -0.2) is 9.37 Å². The molecule has 4 aromatic rings. The van der Waals surface area contributed by atoms with Crippen molar-refractivity contribution in [3.8, 4) is 17.1 Å². The highest BCUT2D eigenvalue weighted by Gasteiger charge is 2.14. The summed E-state index contributed by atoms with van der Waals surface area (Å²) in [6.45, 7) is 1.38. The number of carbonyl (C=O) groups excluding carboxylic acids is 1. The highest BCUT2D eigenvalue weighted by Crippen LogP contribution is 2.26. The van der Waals surface area contributed by atoms with Gasteiger partial charge in [-0.2, -0.15) is 0 Å². The van der Waals surface area contributed by atoms with E-state index in [1.54, 1.807) is 30.3 Å². The van der Waals surface area contributed by atoms with Gasteiger partial charge in [-0.3, -0.25) is 9.79 Å². The molecule has 0 saturated carbocycles. The summed E-state index contributed by atoms with van der Waals surface area (Å²) >= 11 is 0. The van der Waals surface area contributed by atoms with Crippen molar-refractivity contribution in [2.75, 3.05) is 19.7 Å². The predicted molar refractivity (Wildman–Crippen MR) is 117 cm³/mol. The Kier molecular flexibility index (Phi) is 4.92. The molecule has 0 atom stereocenters. The second-order valence-electron chi connectivity index (χ2n) is 7.20. The van der Waals surface area contributed by atoms with Gasteiger partial charge < -0.3 is 15.0 Å². The van der Waals surface area contributed by atoms with Crippen LogP contribution in [-0.2, 0) is 0 Å². The van der Waals surface area contributed by atoms with Gasteiger partial charge in [0.05, 0.1) is 17.6 Å². The third-order valence-corrected chi connectivity index (χ3v) is 5.09. The predicted octanol–water partition coefficient (Wildman–Crippen LogP) is 3.98. The van der Waals surface area contributed by atoms with Crippen LogP contribution in [0.4, 0.5) is 4.39 Å². The second kappa shape index (κ2) is 8.02. The van der Waals surface area contributed by atoms with Crippen molar-refractivity contribution in [1.82, 2.24) is 15.3 Å². The van der Waals surface area contributed by atoms with Gasteiger partial charge in [-0.1, -0.05) is 30.3 Å². The molecule has 154 valence electrons. The number of ether oxygens (including phenoxy) is 1. The molecule has 2 heterocycles. The molecule has 7 heteroatoms. The number of ketones is 1. The lowest BCUT2D eigenvalue weighted by molar-refractivity contribution is 0.0919. The molecule has 1 aromatic heterocycles. The lowest BCUT2D eigenvalue weighted by Crippen LogP contribution is -2.19. The quantitative estimate of drug-likeness (QED) is 0.468. The van der Waals surface area contributed by atoms with E-state index in [4.69, 9.17) is 4.74 Å². The largest absolute Gasteiger partial charge is 0.482 e. The molecule has 0 bridgehead atoms. The Hall–Kier alpha value is -4.00. The minimum atomic E-state index is -0.552. The summed E-state index contributed by atoms with van der Waals surface area (Å²) in [5, 5.41) is 3.25. The first-order valence-electron chi connectivity index (χ1n) is 9.97. The number of aromatic amines is 1. The van der Waals surface area contributed by atoms with Gasteiger partial charge in [0.2, 0.25) is 0 Å². The lowest BCUT2D eigenvalue weighted by atomic mass is 10.1. The zero-order chi connectivity index (χ0) is 21.2. The zero-order valence-corrected chi connectivity index (χ0v) is 16.6. The number of hydrogen-bond acceptors (Lipinski definition) is 5. The molecule has 0 radical (unpaired) electrons. The highest BCUT2D eigenvalue weighted by molar-refractivity contribution is 6.02. The number of nitrogens with zero attached hydrogens (tertiary/aromatic N) is 2. The molecule has 5 rings (SSSR count). The average molecular weight is 414 g/mol. The van der Waals surface area contributed by atoms with Crippen molar-refractivity contribution in [3.63, 3.8) is 0 Å². The number of fused-ring (bicyclic) bond motifs is 1. The Morgan fingerprint density at radius 1 is 1.03 bits per heavy atom. The summed E-state index contributed by atoms with van der Waals surface area (Å²) in [6.07, 6.45) is 0. The molecule has 6 nitrogen and oxygen atoms in total. The molecule has 1 aliphatic heterocycles. The molecule has 1 aliphatic rings. The van der Waals surface area contributed by atoms with Gasteiger partial charge in [-0.05, 0) is 36.4 Å². The summed E-state index contributed by atoms with van der Waals surface area (Å²) in [4.78, 5) is 24.4. The van der Waals surface area contributed by atoms with Crippen LogP contribution in [0.15, 0.2) is 71.7 Å². The maximum Gasteiger partial charge on any atom is 0.200 e.